The molecule has 1 aromatic rings. The van der Waals surface area contributed by atoms with Gasteiger partial charge in [-0.1, -0.05) is 23.7 Å². The summed E-state index contributed by atoms with van der Waals surface area (Å²) < 4.78 is 5.10. The first kappa shape index (κ1) is 11.1. The Balaban J connectivity index is 2.95. The molecule has 0 fully saturated rings. The number of benzene rings is 1. The van der Waals surface area contributed by atoms with Crippen LogP contribution in [-0.2, 0) is 0 Å². The van der Waals surface area contributed by atoms with Crippen molar-refractivity contribution in [1.82, 2.24) is 0 Å². The summed E-state index contributed by atoms with van der Waals surface area (Å²) in [5, 5.41) is 0.527. The Kier molecular flexibility index (Phi) is 3.96. The number of hydrogen-bond donors (Lipinski definition) is 0. The van der Waals surface area contributed by atoms with Crippen LogP contribution in [0.4, 0.5) is 0 Å². The zero-order valence-corrected chi connectivity index (χ0v) is 9.38. The lowest BCUT2D eigenvalue weighted by molar-refractivity contribution is 0.414. The van der Waals surface area contributed by atoms with E-state index in [2.05, 4.69) is 4.99 Å². The molecular weight excluding hydrogens is 198 g/mol. The van der Waals surface area contributed by atoms with Crippen molar-refractivity contribution in [1.29, 1.82) is 0 Å². The van der Waals surface area contributed by atoms with Crippen LogP contribution in [0.15, 0.2) is 29.3 Å². The van der Waals surface area contributed by atoms with Gasteiger partial charge in [-0.25, -0.2) is 0 Å². The van der Waals surface area contributed by atoms with Crippen LogP contribution in [0, 0.1) is 0 Å². The quantitative estimate of drug-likeness (QED) is 0.705. The minimum Gasteiger partial charge on any atom is -0.497 e. The number of ether oxygens (including phenoxy) is 1. The van der Waals surface area contributed by atoms with E-state index >= 15 is 0 Å². The van der Waals surface area contributed by atoms with Crippen LogP contribution in [0.5, 0.6) is 5.75 Å². The third kappa shape index (κ3) is 3.04. The minimum atomic E-state index is 0.203. The lowest BCUT2D eigenvalue weighted by Gasteiger charge is -2.03. The molecule has 1 aromatic carbocycles. The van der Waals surface area contributed by atoms with Crippen molar-refractivity contribution in [3.8, 4) is 5.75 Å². The second-order valence-electron chi connectivity index (χ2n) is 3.25. The van der Waals surface area contributed by atoms with Crippen LogP contribution < -0.4 is 4.74 Å². The van der Waals surface area contributed by atoms with E-state index in [9.17, 15) is 0 Å². The van der Waals surface area contributed by atoms with Crippen LogP contribution >= 0.6 is 11.6 Å². The molecule has 0 aliphatic carbocycles. The molecule has 0 N–H and O–H groups in total. The number of hydrogen-bond acceptors (Lipinski definition) is 2. The highest BCUT2D eigenvalue weighted by Crippen LogP contribution is 2.15. The van der Waals surface area contributed by atoms with Gasteiger partial charge in [0.1, 0.15) is 10.9 Å². The molecule has 0 aliphatic heterocycles. The van der Waals surface area contributed by atoms with Crippen molar-refractivity contribution in [2.45, 2.75) is 19.9 Å². The van der Waals surface area contributed by atoms with E-state index in [-0.39, 0.29) is 6.04 Å². The molecule has 0 aliphatic rings. The third-order valence-corrected chi connectivity index (χ3v) is 2.00. The topological polar surface area (TPSA) is 21.6 Å². The van der Waals surface area contributed by atoms with E-state index in [4.69, 9.17) is 16.3 Å². The standard InChI is InChI=1S/C11H14ClNO/c1-8(2)13-11(12)9-5-4-6-10(7-9)14-3/h4-8H,1-3H3. The fourth-order valence-corrected chi connectivity index (χ4v) is 1.37. The number of methoxy groups -OCH3 is 1. The van der Waals surface area contributed by atoms with Crippen LogP contribution in [0.3, 0.4) is 0 Å². The molecule has 0 radical (unpaired) electrons. The van der Waals surface area contributed by atoms with Crippen molar-refractivity contribution in [3.05, 3.63) is 29.8 Å². The molecule has 0 saturated carbocycles. The molecule has 0 unspecified atom stereocenters. The van der Waals surface area contributed by atoms with Gasteiger partial charge in [-0.2, -0.15) is 0 Å². The molecule has 1 rings (SSSR count). The third-order valence-electron chi connectivity index (χ3n) is 1.68. The van der Waals surface area contributed by atoms with Gasteiger partial charge in [0.05, 0.1) is 7.11 Å². The first-order valence-corrected chi connectivity index (χ1v) is 4.89. The molecule has 0 aromatic heterocycles. The predicted octanol–water partition coefficient (Wildman–Crippen LogP) is 3.09. The van der Waals surface area contributed by atoms with Crippen molar-refractivity contribution in [2.24, 2.45) is 4.99 Å². The lowest BCUT2D eigenvalue weighted by atomic mass is 10.2. The first-order chi connectivity index (χ1) is 6.63. The number of aliphatic imine (C=N–C) groups is 1. The Hall–Kier alpha value is -1.02. The van der Waals surface area contributed by atoms with Crippen LogP contribution in [0.25, 0.3) is 0 Å². The van der Waals surface area contributed by atoms with Crippen LogP contribution in [0.2, 0.25) is 0 Å². The number of halogens is 1. The monoisotopic (exact) mass is 211 g/mol. The summed E-state index contributed by atoms with van der Waals surface area (Å²) in [6.07, 6.45) is 0. The Morgan fingerprint density at radius 2 is 2.14 bits per heavy atom. The van der Waals surface area contributed by atoms with Gasteiger partial charge in [-0.3, -0.25) is 4.99 Å². The van der Waals surface area contributed by atoms with Crippen molar-refractivity contribution in [3.63, 3.8) is 0 Å². The second-order valence-corrected chi connectivity index (χ2v) is 3.60. The Bertz CT molecular complexity index is 334. The fourth-order valence-electron chi connectivity index (χ4n) is 1.05. The fraction of sp³-hybridized carbons (Fsp3) is 0.364. The van der Waals surface area contributed by atoms with E-state index in [1.165, 1.54) is 0 Å². The van der Waals surface area contributed by atoms with Gasteiger partial charge in [0, 0.05) is 11.6 Å². The molecule has 0 amide bonds. The van der Waals surface area contributed by atoms with Crippen molar-refractivity contribution in [2.75, 3.05) is 7.11 Å². The number of nitrogens with zero attached hydrogens (tertiary/aromatic N) is 1. The van der Waals surface area contributed by atoms with Gasteiger partial charge in [-0.15, -0.1) is 0 Å². The van der Waals surface area contributed by atoms with E-state index in [1.54, 1.807) is 7.11 Å². The summed E-state index contributed by atoms with van der Waals surface area (Å²) in [4.78, 5) is 4.25. The Morgan fingerprint density at radius 3 is 2.71 bits per heavy atom. The van der Waals surface area contributed by atoms with Gasteiger partial charge in [0.25, 0.3) is 0 Å². The summed E-state index contributed by atoms with van der Waals surface area (Å²) in [6, 6.07) is 7.76. The summed E-state index contributed by atoms with van der Waals surface area (Å²) >= 11 is 6.02. The summed E-state index contributed by atoms with van der Waals surface area (Å²) in [5.74, 6) is 0.791. The Morgan fingerprint density at radius 1 is 1.43 bits per heavy atom. The van der Waals surface area contributed by atoms with Crippen molar-refractivity contribution < 1.29 is 4.74 Å². The molecule has 0 bridgehead atoms. The van der Waals surface area contributed by atoms with Crippen LogP contribution in [0.1, 0.15) is 19.4 Å². The van der Waals surface area contributed by atoms with E-state index in [0.29, 0.717) is 5.17 Å². The van der Waals surface area contributed by atoms with Gasteiger partial charge in [0.15, 0.2) is 0 Å². The van der Waals surface area contributed by atoms with Gasteiger partial charge in [0.2, 0.25) is 0 Å². The first-order valence-electron chi connectivity index (χ1n) is 4.51. The van der Waals surface area contributed by atoms with E-state index in [0.717, 1.165) is 11.3 Å². The smallest absolute Gasteiger partial charge is 0.131 e. The molecule has 76 valence electrons. The zero-order valence-electron chi connectivity index (χ0n) is 8.62. The zero-order chi connectivity index (χ0) is 10.6. The minimum absolute atomic E-state index is 0.203. The predicted molar refractivity (Wildman–Crippen MR) is 60.5 cm³/mol. The molecular formula is C11H14ClNO. The molecule has 3 heteroatoms. The maximum Gasteiger partial charge on any atom is 0.131 e. The van der Waals surface area contributed by atoms with Crippen molar-refractivity contribution >= 4 is 16.8 Å². The summed E-state index contributed by atoms with van der Waals surface area (Å²) in [6.45, 7) is 3.98. The molecule has 0 saturated heterocycles. The summed E-state index contributed by atoms with van der Waals surface area (Å²) in [5.41, 5.74) is 0.889. The molecule has 2 nitrogen and oxygen atoms in total. The molecule has 0 spiro atoms. The van der Waals surface area contributed by atoms with Gasteiger partial charge in [-0.05, 0) is 26.0 Å². The number of rotatable bonds is 3. The molecule has 14 heavy (non-hydrogen) atoms. The van der Waals surface area contributed by atoms with E-state index in [1.807, 2.05) is 38.1 Å². The highest BCUT2D eigenvalue weighted by Gasteiger charge is 2.01. The van der Waals surface area contributed by atoms with E-state index < -0.39 is 0 Å². The maximum absolute atomic E-state index is 6.02. The van der Waals surface area contributed by atoms with Crippen LogP contribution in [-0.4, -0.2) is 18.3 Å². The second kappa shape index (κ2) is 5.01. The summed E-state index contributed by atoms with van der Waals surface area (Å²) in [7, 11) is 1.63. The largest absolute Gasteiger partial charge is 0.497 e. The molecule has 0 atom stereocenters. The maximum atomic E-state index is 6.02. The van der Waals surface area contributed by atoms with Gasteiger partial charge < -0.3 is 4.74 Å². The average molecular weight is 212 g/mol. The average Bonchev–Trinajstić information content (AvgIpc) is 2.17. The lowest BCUT2D eigenvalue weighted by Crippen LogP contribution is -1.98. The SMILES string of the molecule is COc1cccc(C(Cl)=NC(C)C)c1. The highest BCUT2D eigenvalue weighted by atomic mass is 35.5. The normalized spacial score (nSPS) is 11.9. The Labute approximate surface area is 89.6 Å². The van der Waals surface area contributed by atoms with Gasteiger partial charge >= 0.3 is 0 Å². The highest BCUT2D eigenvalue weighted by molar-refractivity contribution is 6.69. The molecule has 0 heterocycles.